The van der Waals surface area contributed by atoms with Crippen molar-refractivity contribution in [3.05, 3.63) is 0 Å². The van der Waals surface area contributed by atoms with Crippen molar-refractivity contribution in [1.82, 2.24) is 10.2 Å². The summed E-state index contributed by atoms with van der Waals surface area (Å²) in [7, 11) is 0. The molecular formula is C16H32N2O2. The van der Waals surface area contributed by atoms with Gasteiger partial charge in [-0.1, -0.05) is 19.8 Å². The number of hydrogen-bond acceptors (Lipinski definition) is 4. The fraction of sp³-hybridized carbons (Fsp3) is 1.00. The molecule has 2 aliphatic rings. The van der Waals surface area contributed by atoms with Crippen molar-refractivity contribution < 1.29 is 9.84 Å². The van der Waals surface area contributed by atoms with E-state index in [2.05, 4.69) is 31.0 Å². The number of nitrogens with one attached hydrogen (secondary N) is 1. The lowest BCUT2D eigenvalue weighted by Crippen LogP contribution is -2.56. The molecule has 0 aromatic heterocycles. The molecule has 0 spiro atoms. The van der Waals surface area contributed by atoms with E-state index < -0.39 is 0 Å². The van der Waals surface area contributed by atoms with Crippen LogP contribution in [0, 0.1) is 5.92 Å². The Morgan fingerprint density at radius 3 is 2.90 bits per heavy atom. The molecule has 4 heteroatoms. The molecule has 1 aliphatic carbocycles. The zero-order valence-electron chi connectivity index (χ0n) is 13.4. The van der Waals surface area contributed by atoms with E-state index in [1.807, 2.05) is 0 Å². The zero-order valence-corrected chi connectivity index (χ0v) is 13.4. The molecule has 1 aliphatic heterocycles. The van der Waals surface area contributed by atoms with Gasteiger partial charge in [0.25, 0.3) is 0 Å². The van der Waals surface area contributed by atoms with Crippen molar-refractivity contribution in [2.24, 2.45) is 5.92 Å². The largest absolute Gasteiger partial charge is 0.394 e. The molecule has 0 radical (unpaired) electrons. The van der Waals surface area contributed by atoms with Crippen molar-refractivity contribution >= 4 is 0 Å². The lowest BCUT2D eigenvalue weighted by molar-refractivity contribution is -0.0437. The smallest absolute Gasteiger partial charge is 0.0827 e. The minimum Gasteiger partial charge on any atom is -0.394 e. The fourth-order valence-electron chi connectivity index (χ4n) is 3.69. The maximum atomic E-state index is 9.82. The normalized spacial score (nSPS) is 36.5. The van der Waals surface area contributed by atoms with Gasteiger partial charge >= 0.3 is 0 Å². The first-order valence-electron chi connectivity index (χ1n) is 8.26. The molecule has 0 aromatic carbocycles. The Hall–Kier alpha value is -0.160. The molecular weight excluding hydrogens is 252 g/mol. The van der Waals surface area contributed by atoms with E-state index in [0.29, 0.717) is 12.0 Å². The summed E-state index contributed by atoms with van der Waals surface area (Å²) < 4.78 is 5.88. The highest BCUT2D eigenvalue weighted by Crippen LogP contribution is 2.32. The molecule has 2 N–H and O–H groups in total. The quantitative estimate of drug-likeness (QED) is 0.805. The molecule has 1 heterocycles. The van der Waals surface area contributed by atoms with Crippen LogP contribution in [0.3, 0.4) is 0 Å². The second-order valence-electron chi connectivity index (χ2n) is 7.10. The number of rotatable bonds is 5. The van der Waals surface area contributed by atoms with Gasteiger partial charge in [0.05, 0.1) is 19.3 Å². The standard InChI is InChI=1S/C16H32N2O2/c1-13(2)18-7-8-20-15(11-18)10-17-16(12-19)6-4-5-14(3)9-16/h13-15,17,19H,4-12H2,1-3H3. The van der Waals surface area contributed by atoms with Gasteiger partial charge in [-0.3, -0.25) is 4.90 Å². The zero-order chi connectivity index (χ0) is 14.6. The van der Waals surface area contributed by atoms with Crippen molar-refractivity contribution in [2.45, 2.75) is 64.1 Å². The van der Waals surface area contributed by atoms with E-state index in [4.69, 9.17) is 4.74 Å². The van der Waals surface area contributed by atoms with Gasteiger partial charge in [-0.2, -0.15) is 0 Å². The predicted molar refractivity (Wildman–Crippen MR) is 81.9 cm³/mol. The summed E-state index contributed by atoms with van der Waals surface area (Å²) in [5.74, 6) is 0.711. The minimum atomic E-state index is -0.0683. The van der Waals surface area contributed by atoms with Crippen LogP contribution < -0.4 is 5.32 Å². The van der Waals surface area contributed by atoms with Crippen LogP contribution in [0.15, 0.2) is 0 Å². The molecule has 0 amide bonds. The Labute approximate surface area is 123 Å². The van der Waals surface area contributed by atoms with Crippen LogP contribution in [0.1, 0.15) is 46.5 Å². The second kappa shape index (κ2) is 7.21. The number of morpholine rings is 1. The summed E-state index contributed by atoms with van der Waals surface area (Å²) >= 11 is 0. The monoisotopic (exact) mass is 284 g/mol. The van der Waals surface area contributed by atoms with Gasteiger partial charge < -0.3 is 15.2 Å². The number of nitrogens with zero attached hydrogens (tertiary/aromatic N) is 1. The first-order valence-corrected chi connectivity index (χ1v) is 8.26. The van der Waals surface area contributed by atoms with Gasteiger partial charge in [0.1, 0.15) is 0 Å². The Morgan fingerprint density at radius 2 is 2.25 bits per heavy atom. The molecule has 0 bridgehead atoms. The predicted octanol–water partition coefficient (Wildman–Crippen LogP) is 1.63. The topological polar surface area (TPSA) is 44.7 Å². The van der Waals surface area contributed by atoms with E-state index in [0.717, 1.165) is 39.1 Å². The molecule has 118 valence electrons. The molecule has 4 nitrogen and oxygen atoms in total. The molecule has 2 rings (SSSR count). The van der Waals surface area contributed by atoms with E-state index >= 15 is 0 Å². The molecule has 0 aromatic rings. The van der Waals surface area contributed by atoms with Gasteiger partial charge in [0.15, 0.2) is 0 Å². The Morgan fingerprint density at radius 1 is 1.45 bits per heavy atom. The van der Waals surface area contributed by atoms with Gasteiger partial charge in [-0.05, 0) is 32.6 Å². The Bertz CT molecular complexity index is 298. The van der Waals surface area contributed by atoms with Crippen molar-refractivity contribution in [3.63, 3.8) is 0 Å². The third kappa shape index (κ3) is 4.17. The summed E-state index contributed by atoms with van der Waals surface area (Å²) in [5, 5.41) is 13.5. The van der Waals surface area contributed by atoms with Gasteiger partial charge in [-0.25, -0.2) is 0 Å². The van der Waals surface area contributed by atoms with Gasteiger partial charge in [-0.15, -0.1) is 0 Å². The Balaban J connectivity index is 1.83. The molecule has 1 saturated heterocycles. The SMILES string of the molecule is CC1CCCC(CO)(NCC2CN(C(C)C)CCO2)C1. The third-order valence-electron chi connectivity index (χ3n) is 5.00. The van der Waals surface area contributed by atoms with Crippen LogP contribution in [-0.4, -0.2) is 60.5 Å². The maximum absolute atomic E-state index is 9.82. The van der Waals surface area contributed by atoms with E-state index in [-0.39, 0.29) is 18.2 Å². The first-order chi connectivity index (χ1) is 9.54. The van der Waals surface area contributed by atoms with Gasteiger partial charge in [0.2, 0.25) is 0 Å². The third-order valence-corrected chi connectivity index (χ3v) is 5.00. The summed E-state index contributed by atoms with van der Waals surface area (Å²) in [6.45, 7) is 10.8. The number of hydrogen-bond donors (Lipinski definition) is 2. The van der Waals surface area contributed by atoms with Crippen LogP contribution >= 0.6 is 0 Å². The lowest BCUT2D eigenvalue weighted by Gasteiger charge is -2.42. The highest BCUT2D eigenvalue weighted by atomic mass is 16.5. The van der Waals surface area contributed by atoms with Crippen molar-refractivity contribution in [1.29, 1.82) is 0 Å². The van der Waals surface area contributed by atoms with Crippen molar-refractivity contribution in [2.75, 3.05) is 32.8 Å². The number of ether oxygens (including phenoxy) is 1. The molecule has 1 saturated carbocycles. The average molecular weight is 284 g/mol. The molecule has 3 atom stereocenters. The van der Waals surface area contributed by atoms with Crippen LogP contribution in [0.2, 0.25) is 0 Å². The molecule has 20 heavy (non-hydrogen) atoms. The lowest BCUT2D eigenvalue weighted by atomic mass is 9.77. The van der Waals surface area contributed by atoms with Crippen molar-refractivity contribution in [3.8, 4) is 0 Å². The van der Waals surface area contributed by atoms with Crippen LogP contribution in [0.5, 0.6) is 0 Å². The minimum absolute atomic E-state index is 0.0683. The van der Waals surface area contributed by atoms with E-state index in [1.54, 1.807) is 0 Å². The summed E-state index contributed by atoms with van der Waals surface area (Å²) in [5.41, 5.74) is -0.0683. The summed E-state index contributed by atoms with van der Waals surface area (Å²) in [6, 6.07) is 0.586. The molecule has 2 fully saturated rings. The number of aliphatic hydroxyl groups is 1. The second-order valence-corrected chi connectivity index (χ2v) is 7.10. The van der Waals surface area contributed by atoms with Crippen LogP contribution in [-0.2, 0) is 4.74 Å². The number of aliphatic hydroxyl groups excluding tert-OH is 1. The molecule has 3 unspecified atom stereocenters. The van der Waals surface area contributed by atoms with Crippen LogP contribution in [0.25, 0.3) is 0 Å². The summed E-state index contributed by atoms with van der Waals surface area (Å²) in [4.78, 5) is 2.48. The first kappa shape index (κ1) is 16.2. The van der Waals surface area contributed by atoms with E-state index in [1.165, 1.54) is 12.8 Å². The summed E-state index contributed by atoms with van der Waals surface area (Å²) in [6.07, 6.45) is 4.95. The highest BCUT2D eigenvalue weighted by Gasteiger charge is 2.35. The van der Waals surface area contributed by atoms with E-state index in [9.17, 15) is 5.11 Å². The Kier molecular flexibility index (Phi) is 5.84. The highest BCUT2D eigenvalue weighted by molar-refractivity contribution is 4.93. The van der Waals surface area contributed by atoms with Gasteiger partial charge in [0, 0.05) is 31.2 Å². The van der Waals surface area contributed by atoms with Crippen LogP contribution in [0.4, 0.5) is 0 Å². The maximum Gasteiger partial charge on any atom is 0.0827 e. The average Bonchev–Trinajstić information content (AvgIpc) is 2.45. The fourth-order valence-corrected chi connectivity index (χ4v) is 3.69.